The summed E-state index contributed by atoms with van der Waals surface area (Å²) in [4.78, 5) is 28.4. The van der Waals surface area contributed by atoms with Crippen LogP contribution in [0.4, 0.5) is 11.5 Å². The standard InChI is InChI=1S/C22H21N3O3/c1-28-22(27)18-8-5-9-19(14-18)25-21(26)17-11-13-24-20(15-17)23-12-10-16-6-3-2-4-7-16/h2-9,11,13-15H,10,12H2,1H3,(H,23,24)(H,25,26). The van der Waals surface area contributed by atoms with Crippen LogP contribution < -0.4 is 10.6 Å². The molecule has 0 spiro atoms. The van der Waals surface area contributed by atoms with Crippen LogP contribution in [0, 0.1) is 0 Å². The lowest BCUT2D eigenvalue weighted by atomic mass is 10.1. The highest BCUT2D eigenvalue weighted by atomic mass is 16.5. The average Bonchev–Trinajstić information content (AvgIpc) is 2.74. The fourth-order valence-corrected chi connectivity index (χ4v) is 2.69. The lowest BCUT2D eigenvalue weighted by Gasteiger charge is -2.09. The fraction of sp³-hybridized carbons (Fsp3) is 0.136. The Kier molecular flexibility index (Phi) is 6.36. The molecule has 28 heavy (non-hydrogen) atoms. The van der Waals surface area contributed by atoms with Gasteiger partial charge in [0.15, 0.2) is 0 Å². The van der Waals surface area contributed by atoms with E-state index in [9.17, 15) is 9.59 Å². The van der Waals surface area contributed by atoms with Crippen LogP contribution in [0.3, 0.4) is 0 Å². The maximum atomic E-state index is 12.5. The summed E-state index contributed by atoms with van der Waals surface area (Å²) in [5.41, 5.74) is 2.59. The monoisotopic (exact) mass is 375 g/mol. The lowest BCUT2D eigenvalue weighted by molar-refractivity contribution is 0.0600. The first-order chi connectivity index (χ1) is 13.7. The predicted molar refractivity (Wildman–Crippen MR) is 109 cm³/mol. The molecule has 0 aliphatic rings. The van der Waals surface area contributed by atoms with Crippen molar-refractivity contribution in [1.82, 2.24) is 4.98 Å². The normalized spacial score (nSPS) is 10.2. The Morgan fingerprint density at radius 3 is 2.57 bits per heavy atom. The third-order valence-corrected chi connectivity index (χ3v) is 4.13. The van der Waals surface area contributed by atoms with Crippen molar-refractivity contribution >= 4 is 23.4 Å². The largest absolute Gasteiger partial charge is 0.465 e. The van der Waals surface area contributed by atoms with Crippen molar-refractivity contribution in [2.75, 3.05) is 24.3 Å². The maximum Gasteiger partial charge on any atom is 0.337 e. The minimum Gasteiger partial charge on any atom is -0.465 e. The number of amides is 1. The van der Waals surface area contributed by atoms with Crippen molar-refractivity contribution in [2.24, 2.45) is 0 Å². The molecule has 0 unspecified atom stereocenters. The molecule has 3 rings (SSSR count). The summed E-state index contributed by atoms with van der Waals surface area (Å²) in [6.45, 7) is 0.712. The smallest absolute Gasteiger partial charge is 0.337 e. The molecular weight excluding hydrogens is 354 g/mol. The molecule has 1 heterocycles. The number of methoxy groups -OCH3 is 1. The summed E-state index contributed by atoms with van der Waals surface area (Å²) >= 11 is 0. The fourth-order valence-electron chi connectivity index (χ4n) is 2.69. The quantitative estimate of drug-likeness (QED) is 0.615. The summed E-state index contributed by atoms with van der Waals surface area (Å²) < 4.78 is 4.70. The minimum atomic E-state index is -0.454. The number of carbonyl (C=O) groups is 2. The van der Waals surface area contributed by atoms with Crippen LogP contribution in [0.25, 0.3) is 0 Å². The zero-order valence-electron chi connectivity index (χ0n) is 15.5. The second-order valence-electron chi connectivity index (χ2n) is 6.12. The molecule has 1 aromatic heterocycles. The number of anilines is 2. The van der Waals surface area contributed by atoms with Crippen molar-refractivity contribution in [1.29, 1.82) is 0 Å². The first-order valence-corrected chi connectivity index (χ1v) is 8.89. The van der Waals surface area contributed by atoms with Crippen LogP contribution in [0.5, 0.6) is 0 Å². The molecule has 0 radical (unpaired) electrons. The van der Waals surface area contributed by atoms with Gasteiger partial charge < -0.3 is 15.4 Å². The van der Waals surface area contributed by atoms with E-state index in [-0.39, 0.29) is 5.91 Å². The van der Waals surface area contributed by atoms with Crippen LogP contribution in [0.2, 0.25) is 0 Å². The van der Waals surface area contributed by atoms with E-state index in [1.54, 1.807) is 42.6 Å². The molecule has 0 bridgehead atoms. The van der Waals surface area contributed by atoms with Crippen molar-refractivity contribution in [3.63, 3.8) is 0 Å². The molecule has 3 aromatic rings. The Morgan fingerprint density at radius 1 is 0.964 bits per heavy atom. The molecule has 0 fully saturated rings. The van der Waals surface area contributed by atoms with Gasteiger partial charge in [0.05, 0.1) is 12.7 Å². The summed E-state index contributed by atoms with van der Waals surface area (Å²) in [5.74, 6) is -0.104. The number of pyridine rings is 1. The molecule has 2 aromatic carbocycles. The Morgan fingerprint density at radius 2 is 1.79 bits per heavy atom. The minimum absolute atomic E-state index is 0.282. The number of rotatable bonds is 7. The SMILES string of the molecule is COC(=O)c1cccc(NC(=O)c2ccnc(NCCc3ccccc3)c2)c1. The maximum absolute atomic E-state index is 12.5. The van der Waals surface area contributed by atoms with E-state index in [0.717, 1.165) is 6.42 Å². The van der Waals surface area contributed by atoms with Gasteiger partial charge in [0.25, 0.3) is 5.91 Å². The third kappa shape index (κ3) is 5.17. The Balaban J connectivity index is 1.61. The zero-order valence-corrected chi connectivity index (χ0v) is 15.5. The first-order valence-electron chi connectivity index (χ1n) is 8.89. The molecule has 6 nitrogen and oxygen atoms in total. The highest BCUT2D eigenvalue weighted by molar-refractivity contribution is 6.05. The van der Waals surface area contributed by atoms with Crippen molar-refractivity contribution in [3.8, 4) is 0 Å². The van der Waals surface area contributed by atoms with E-state index in [1.165, 1.54) is 12.7 Å². The summed E-state index contributed by atoms with van der Waals surface area (Å²) in [7, 11) is 1.32. The number of ether oxygens (including phenoxy) is 1. The number of hydrogen-bond donors (Lipinski definition) is 2. The van der Waals surface area contributed by atoms with E-state index in [2.05, 4.69) is 27.8 Å². The zero-order chi connectivity index (χ0) is 19.8. The van der Waals surface area contributed by atoms with E-state index < -0.39 is 5.97 Å². The molecule has 142 valence electrons. The topological polar surface area (TPSA) is 80.3 Å². The third-order valence-electron chi connectivity index (χ3n) is 4.13. The number of esters is 1. The molecule has 0 atom stereocenters. The Hall–Kier alpha value is -3.67. The highest BCUT2D eigenvalue weighted by Gasteiger charge is 2.10. The first kappa shape index (κ1) is 19.1. The van der Waals surface area contributed by atoms with Crippen molar-refractivity contribution < 1.29 is 14.3 Å². The number of nitrogens with zero attached hydrogens (tertiary/aromatic N) is 1. The lowest BCUT2D eigenvalue weighted by Crippen LogP contribution is -2.14. The van der Waals surface area contributed by atoms with Crippen molar-refractivity contribution in [2.45, 2.75) is 6.42 Å². The number of hydrogen-bond acceptors (Lipinski definition) is 5. The number of carbonyl (C=O) groups excluding carboxylic acids is 2. The molecule has 0 aliphatic carbocycles. The van der Waals surface area contributed by atoms with Gasteiger partial charge in [-0.1, -0.05) is 36.4 Å². The summed E-state index contributed by atoms with van der Waals surface area (Å²) in [6.07, 6.45) is 2.45. The average molecular weight is 375 g/mol. The predicted octanol–water partition coefficient (Wildman–Crippen LogP) is 3.78. The number of nitrogens with one attached hydrogen (secondary N) is 2. The van der Waals surface area contributed by atoms with Crippen LogP contribution in [-0.4, -0.2) is 30.5 Å². The van der Waals surface area contributed by atoms with Crippen LogP contribution in [0.15, 0.2) is 72.9 Å². The van der Waals surface area contributed by atoms with Gasteiger partial charge in [-0.25, -0.2) is 9.78 Å². The Bertz CT molecular complexity index is 958. The molecular formula is C22H21N3O3. The second kappa shape index (κ2) is 9.32. The highest BCUT2D eigenvalue weighted by Crippen LogP contribution is 2.14. The van der Waals surface area contributed by atoms with Gasteiger partial charge in [-0.15, -0.1) is 0 Å². The van der Waals surface area contributed by atoms with Gasteiger partial charge in [0.1, 0.15) is 5.82 Å². The van der Waals surface area contributed by atoms with Gasteiger partial charge in [0.2, 0.25) is 0 Å². The van der Waals surface area contributed by atoms with Gasteiger partial charge in [-0.3, -0.25) is 4.79 Å². The van der Waals surface area contributed by atoms with Gasteiger partial charge in [-0.2, -0.15) is 0 Å². The van der Waals surface area contributed by atoms with E-state index in [4.69, 9.17) is 4.74 Å². The Labute approximate surface area is 163 Å². The van der Waals surface area contributed by atoms with E-state index in [0.29, 0.717) is 29.2 Å². The van der Waals surface area contributed by atoms with E-state index >= 15 is 0 Å². The van der Waals surface area contributed by atoms with Gasteiger partial charge in [-0.05, 0) is 42.3 Å². The summed E-state index contributed by atoms with van der Waals surface area (Å²) in [6, 6.07) is 20.1. The molecule has 1 amide bonds. The number of aromatic nitrogens is 1. The molecule has 0 saturated heterocycles. The van der Waals surface area contributed by atoms with Crippen molar-refractivity contribution in [3.05, 3.63) is 89.6 Å². The van der Waals surface area contributed by atoms with Crippen LogP contribution in [-0.2, 0) is 11.2 Å². The van der Waals surface area contributed by atoms with E-state index in [1.807, 2.05) is 18.2 Å². The summed E-state index contributed by atoms with van der Waals surface area (Å²) in [5, 5.41) is 6.02. The van der Waals surface area contributed by atoms with Gasteiger partial charge in [0, 0.05) is 24.0 Å². The number of benzene rings is 2. The second-order valence-corrected chi connectivity index (χ2v) is 6.12. The van der Waals surface area contributed by atoms with Gasteiger partial charge >= 0.3 is 5.97 Å². The van der Waals surface area contributed by atoms with Crippen LogP contribution >= 0.6 is 0 Å². The van der Waals surface area contributed by atoms with Crippen LogP contribution in [0.1, 0.15) is 26.3 Å². The molecule has 2 N–H and O–H groups in total. The molecule has 6 heteroatoms. The molecule has 0 aliphatic heterocycles. The molecule has 0 saturated carbocycles.